The van der Waals surface area contributed by atoms with Gasteiger partial charge in [-0.15, -0.1) is 0 Å². The van der Waals surface area contributed by atoms with Crippen LogP contribution >= 0.6 is 11.6 Å². The summed E-state index contributed by atoms with van der Waals surface area (Å²) < 4.78 is 0. The normalized spacial score (nSPS) is 11.5. The first-order valence-electron chi connectivity index (χ1n) is 7.58. The highest BCUT2D eigenvalue weighted by Crippen LogP contribution is 2.22. The molecule has 26 heavy (non-hydrogen) atoms. The number of anilines is 1. The van der Waals surface area contributed by atoms with Gasteiger partial charge in [0.2, 0.25) is 0 Å². The molecule has 0 fully saturated rings. The molecule has 0 aliphatic rings. The zero-order chi connectivity index (χ0) is 19.3. The number of urea groups is 1. The molecule has 0 radical (unpaired) electrons. The van der Waals surface area contributed by atoms with Crippen molar-refractivity contribution in [1.29, 1.82) is 0 Å². The number of carbonyl (C=O) groups excluding carboxylic acids is 1. The fourth-order valence-electron chi connectivity index (χ4n) is 2.29. The van der Waals surface area contributed by atoms with Gasteiger partial charge in [-0.05, 0) is 25.1 Å². The zero-order valence-corrected chi connectivity index (χ0v) is 14.5. The van der Waals surface area contributed by atoms with Gasteiger partial charge in [0.1, 0.15) is 6.04 Å². The first kappa shape index (κ1) is 19.2. The molecule has 9 heteroatoms. The molecular formula is C17H16ClN3O5. The van der Waals surface area contributed by atoms with Crippen molar-refractivity contribution in [3.8, 4) is 0 Å². The van der Waals surface area contributed by atoms with Gasteiger partial charge in [0.05, 0.1) is 11.5 Å². The highest BCUT2D eigenvalue weighted by Gasteiger charge is 2.28. The van der Waals surface area contributed by atoms with E-state index < -0.39 is 23.0 Å². The first-order chi connectivity index (χ1) is 12.3. The Morgan fingerprint density at radius 2 is 1.96 bits per heavy atom. The van der Waals surface area contributed by atoms with E-state index in [1.807, 2.05) is 0 Å². The highest BCUT2D eigenvalue weighted by molar-refractivity contribution is 6.30. The van der Waals surface area contributed by atoms with Crippen LogP contribution in [0.5, 0.6) is 0 Å². The summed E-state index contributed by atoms with van der Waals surface area (Å²) >= 11 is 5.87. The molecule has 2 aromatic rings. The van der Waals surface area contributed by atoms with Gasteiger partial charge >= 0.3 is 12.0 Å². The lowest BCUT2D eigenvalue weighted by molar-refractivity contribution is -0.385. The molecule has 2 N–H and O–H groups in total. The number of nitrogens with zero attached hydrogens (tertiary/aromatic N) is 2. The smallest absolute Gasteiger partial charge is 0.326 e. The van der Waals surface area contributed by atoms with E-state index in [1.165, 1.54) is 31.2 Å². The Labute approximate surface area is 154 Å². The Balaban J connectivity index is 2.30. The summed E-state index contributed by atoms with van der Waals surface area (Å²) in [5.41, 5.74) is 0.421. The van der Waals surface area contributed by atoms with Crippen molar-refractivity contribution in [1.82, 2.24) is 4.90 Å². The number of nitrogens with one attached hydrogen (secondary N) is 1. The van der Waals surface area contributed by atoms with Gasteiger partial charge in [-0.25, -0.2) is 9.59 Å². The molecule has 0 spiro atoms. The van der Waals surface area contributed by atoms with Crippen molar-refractivity contribution >= 4 is 35.0 Å². The summed E-state index contributed by atoms with van der Waals surface area (Å²) in [6, 6.07) is 10.3. The number of nitro benzene ring substituents is 1. The quantitative estimate of drug-likeness (QED) is 0.587. The molecule has 0 unspecified atom stereocenters. The van der Waals surface area contributed by atoms with E-state index in [9.17, 15) is 24.8 Å². The van der Waals surface area contributed by atoms with Gasteiger partial charge in [0.25, 0.3) is 5.69 Å². The second kappa shape index (κ2) is 8.30. The molecule has 2 rings (SSSR count). The Kier molecular flexibility index (Phi) is 6.13. The van der Waals surface area contributed by atoms with Crippen LogP contribution in [0.1, 0.15) is 12.5 Å². The summed E-state index contributed by atoms with van der Waals surface area (Å²) in [5.74, 6) is -1.23. The van der Waals surface area contributed by atoms with Crippen molar-refractivity contribution in [2.75, 3.05) is 5.32 Å². The van der Waals surface area contributed by atoms with Gasteiger partial charge in [-0.2, -0.15) is 0 Å². The highest BCUT2D eigenvalue weighted by atomic mass is 35.5. The van der Waals surface area contributed by atoms with E-state index >= 15 is 0 Å². The molecule has 0 heterocycles. The summed E-state index contributed by atoms with van der Waals surface area (Å²) in [7, 11) is 0. The van der Waals surface area contributed by atoms with Crippen LogP contribution in [0.15, 0.2) is 48.5 Å². The van der Waals surface area contributed by atoms with E-state index in [1.54, 1.807) is 24.3 Å². The molecule has 0 aliphatic carbocycles. The van der Waals surface area contributed by atoms with Gasteiger partial charge in [0.15, 0.2) is 0 Å². The average Bonchev–Trinajstić information content (AvgIpc) is 2.59. The van der Waals surface area contributed by atoms with Crippen LogP contribution in [-0.2, 0) is 11.3 Å². The Bertz CT molecular complexity index is 843. The lowest BCUT2D eigenvalue weighted by Gasteiger charge is -2.26. The minimum atomic E-state index is -1.23. The van der Waals surface area contributed by atoms with Crippen LogP contribution in [0.3, 0.4) is 0 Å². The molecule has 1 atom stereocenters. The van der Waals surface area contributed by atoms with Crippen molar-refractivity contribution in [2.45, 2.75) is 19.5 Å². The fourth-order valence-corrected chi connectivity index (χ4v) is 2.48. The minimum Gasteiger partial charge on any atom is -0.480 e. The van der Waals surface area contributed by atoms with Crippen LogP contribution in [0.4, 0.5) is 16.2 Å². The average molecular weight is 378 g/mol. The van der Waals surface area contributed by atoms with Gasteiger partial charge < -0.3 is 15.3 Å². The molecule has 0 aromatic heterocycles. The van der Waals surface area contributed by atoms with Crippen LogP contribution in [-0.4, -0.2) is 33.0 Å². The number of hydrogen-bond acceptors (Lipinski definition) is 4. The summed E-state index contributed by atoms with van der Waals surface area (Å²) in [6.45, 7) is 1.09. The number of para-hydroxylation sites is 1. The molecule has 0 bridgehead atoms. The number of carboxylic acids is 1. The minimum absolute atomic E-state index is 0.189. The molecule has 2 aromatic carbocycles. The van der Waals surface area contributed by atoms with E-state index in [4.69, 9.17) is 11.6 Å². The number of carbonyl (C=O) groups is 2. The Morgan fingerprint density at radius 3 is 2.58 bits per heavy atom. The number of rotatable bonds is 6. The lowest BCUT2D eigenvalue weighted by Crippen LogP contribution is -2.45. The molecular weight excluding hydrogens is 362 g/mol. The largest absolute Gasteiger partial charge is 0.480 e. The monoisotopic (exact) mass is 377 g/mol. The van der Waals surface area contributed by atoms with Gasteiger partial charge in [-0.1, -0.05) is 35.9 Å². The number of aliphatic carboxylic acids is 1. The standard InChI is InChI=1S/C17H16ClN3O5/c1-11(16(22)23)20(10-12-5-2-3-8-15(12)21(25)26)17(24)19-14-7-4-6-13(18)9-14/h2-9,11H,10H2,1H3,(H,19,24)(H,22,23)/t11-/m0/s1. The molecule has 136 valence electrons. The number of nitro groups is 1. The van der Waals surface area contributed by atoms with Crippen LogP contribution in [0.2, 0.25) is 5.02 Å². The fraction of sp³-hybridized carbons (Fsp3) is 0.176. The van der Waals surface area contributed by atoms with Crippen molar-refractivity contribution < 1.29 is 19.6 Å². The van der Waals surface area contributed by atoms with Gasteiger partial charge in [0, 0.05) is 22.3 Å². The Hall–Kier alpha value is -3.13. The summed E-state index contributed by atoms with van der Waals surface area (Å²) in [4.78, 5) is 35.6. The number of amides is 2. The van der Waals surface area contributed by atoms with E-state index in [0.717, 1.165) is 4.90 Å². The maximum Gasteiger partial charge on any atom is 0.326 e. The third-order valence-corrected chi connectivity index (χ3v) is 3.93. The third kappa shape index (κ3) is 4.70. The van der Waals surface area contributed by atoms with Gasteiger partial charge in [-0.3, -0.25) is 10.1 Å². The maximum absolute atomic E-state index is 12.6. The lowest BCUT2D eigenvalue weighted by atomic mass is 10.1. The number of halogens is 1. The number of benzene rings is 2. The molecule has 2 amide bonds. The first-order valence-corrected chi connectivity index (χ1v) is 7.95. The van der Waals surface area contributed by atoms with Crippen molar-refractivity contribution in [2.24, 2.45) is 0 Å². The Morgan fingerprint density at radius 1 is 1.27 bits per heavy atom. The summed E-state index contributed by atoms with van der Waals surface area (Å²) in [6.07, 6.45) is 0. The summed E-state index contributed by atoms with van der Waals surface area (Å²) in [5, 5.41) is 23.4. The predicted octanol–water partition coefficient (Wildman–Crippen LogP) is 3.76. The van der Waals surface area contributed by atoms with E-state index in [-0.39, 0.29) is 17.8 Å². The SMILES string of the molecule is C[C@@H](C(=O)O)N(Cc1ccccc1[N+](=O)[O-])C(=O)Nc1cccc(Cl)c1. The molecule has 8 nitrogen and oxygen atoms in total. The van der Waals surface area contributed by atoms with E-state index in [0.29, 0.717) is 10.7 Å². The van der Waals surface area contributed by atoms with Crippen LogP contribution in [0.25, 0.3) is 0 Å². The second-order valence-electron chi connectivity index (χ2n) is 5.47. The second-order valence-corrected chi connectivity index (χ2v) is 5.90. The molecule has 0 saturated heterocycles. The topological polar surface area (TPSA) is 113 Å². The van der Waals surface area contributed by atoms with E-state index in [2.05, 4.69) is 5.32 Å². The van der Waals surface area contributed by atoms with Crippen molar-refractivity contribution in [3.05, 3.63) is 69.2 Å². The zero-order valence-electron chi connectivity index (χ0n) is 13.8. The van der Waals surface area contributed by atoms with Crippen molar-refractivity contribution in [3.63, 3.8) is 0 Å². The number of hydrogen-bond donors (Lipinski definition) is 2. The molecule has 0 aliphatic heterocycles. The molecule has 0 saturated carbocycles. The third-order valence-electron chi connectivity index (χ3n) is 3.69. The maximum atomic E-state index is 12.6. The predicted molar refractivity (Wildman–Crippen MR) is 96.2 cm³/mol. The van der Waals surface area contributed by atoms with Crippen LogP contribution < -0.4 is 5.32 Å². The number of carboxylic acid groups (broad SMARTS) is 1. The van der Waals surface area contributed by atoms with Crippen LogP contribution in [0, 0.1) is 10.1 Å².